The number of fused-ring (bicyclic) bond motifs is 1. The summed E-state index contributed by atoms with van der Waals surface area (Å²) in [7, 11) is -3.98. The van der Waals surface area contributed by atoms with Crippen molar-refractivity contribution in [2.24, 2.45) is 0 Å². The van der Waals surface area contributed by atoms with E-state index in [9.17, 15) is 26.8 Å². The third-order valence-corrected chi connectivity index (χ3v) is 10.4. The second-order valence-corrected chi connectivity index (χ2v) is 13.8. The van der Waals surface area contributed by atoms with E-state index in [4.69, 9.17) is 0 Å². The summed E-state index contributed by atoms with van der Waals surface area (Å²) < 4.78 is 57.1. The molecule has 0 bridgehead atoms. The first-order valence-corrected chi connectivity index (χ1v) is 17.4. The Labute approximate surface area is 283 Å². The van der Waals surface area contributed by atoms with Crippen LogP contribution in [-0.2, 0) is 23.1 Å². The first-order chi connectivity index (χ1) is 23.7. The van der Waals surface area contributed by atoms with Gasteiger partial charge in [-0.3, -0.25) is 9.59 Å². The van der Waals surface area contributed by atoms with Gasteiger partial charge in [0.1, 0.15) is 5.56 Å². The zero-order valence-corrected chi connectivity index (χ0v) is 27.2. The van der Waals surface area contributed by atoms with Crippen LogP contribution in [0, 0.1) is 11.6 Å². The quantitative estimate of drug-likeness (QED) is 0.174. The molecule has 12 heteroatoms. The van der Waals surface area contributed by atoms with Crippen LogP contribution in [0.4, 0.5) is 8.78 Å². The fraction of sp³-hybridized carbons (Fsp3) is 0.0541. The third-order valence-electron chi connectivity index (χ3n) is 8.06. The van der Waals surface area contributed by atoms with E-state index in [1.807, 2.05) is 41.1 Å². The molecular weight excluding hydrogens is 667 g/mol. The molecule has 4 heterocycles. The minimum Gasteiger partial charge on any atom is -0.348 e. The molecule has 0 aliphatic carbocycles. The van der Waals surface area contributed by atoms with Crippen LogP contribution in [0.25, 0.3) is 33.3 Å². The average molecular weight is 693 g/mol. The van der Waals surface area contributed by atoms with Crippen molar-refractivity contribution in [2.75, 3.05) is 0 Å². The topological polar surface area (TPSA) is 103 Å². The van der Waals surface area contributed by atoms with E-state index in [2.05, 4.69) is 10.3 Å². The van der Waals surface area contributed by atoms with E-state index in [1.165, 1.54) is 45.1 Å². The minimum absolute atomic E-state index is 0.0459. The number of hydrogen-bond acceptors (Lipinski definition) is 6. The smallest absolute Gasteiger partial charge is 0.269 e. The standard InChI is InChI=1S/C37H26F2N4O4S2/c38-33-12-11-25(17-34(33)39)21-42-14-5-10-30(37(42)45)36(44)41-19-24-6-4-7-26(16-24)32-22-43(49(46,47)29-8-2-1-3-9-29)35-31(32)18-28(20-40-35)27-13-15-48-23-27/h1-18,20,22-23H,19,21H2,(H,41,44). The Morgan fingerprint density at radius 1 is 0.837 bits per heavy atom. The zero-order valence-electron chi connectivity index (χ0n) is 25.6. The molecule has 8 nitrogen and oxygen atoms in total. The molecule has 0 unspecified atom stereocenters. The Kier molecular flexibility index (Phi) is 8.49. The number of nitrogens with zero attached hydrogens (tertiary/aromatic N) is 3. The predicted molar refractivity (Wildman–Crippen MR) is 185 cm³/mol. The van der Waals surface area contributed by atoms with E-state index in [1.54, 1.807) is 48.0 Å². The van der Waals surface area contributed by atoms with Crippen LogP contribution in [0.2, 0.25) is 0 Å². The molecular formula is C37H26F2N4O4S2. The molecule has 4 aromatic heterocycles. The number of amides is 1. The number of nitrogens with one attached hydrogen (secondary N) is 1. The van der Waals surface area contributed by atoms with E-state index >= 15 is 0 Å². The molecule has 1 N–H and O–H groups in total. The van der Waals surface area contributed by atoms with E-state index in [-0.39, 0.29) is 29.2 Å². The number of halogens is 2. The van der Waals surface area contributed by atoms with E-state index < -0.39 is 33.1 Å². The van der Waals surface area contributed by atoms with Crippen LogP contribution in [0.3, 0.4) is 0 Å². The largest absolute Gasteiger partial charge is 0.348 e. The lowest BCUT2D eigenvalue weighted by molar-refractivity contribution is 0.0948. The predicted octanol–water partition coefficient (Wildman–Crippen LogP) is 7.09. The molecule has 0 saturated heterocycles. The lowest BCUT2D eigenvalue weighted by Gasteiger charge is -2.10. The number of rotatable bonds is 9. The van der Waals surface area contributed by atoms with Crippen LogP contribution in [0.5, 0.6) is 0 Å². The highest BCUT2D eigenvalue weighted by Crippen LogP contribution is 2.35. The Bertz CT molecular complexity index is 2510. The van der Waals surface area contributed by atoms with Gasteiger partial charge in [-0.2, -0.15) is 11.3 Å². The van der Waals surface area contributed by atoms with Crippen molar-refractivity contribution in [3.8, 4) is 22.3 Å². The van der Waals surface area contributed by atoms with Gasteiger partial charge in [-0.05, 0) is 87.6 Å². The minimum atomic E-state index is -3.98. The van der Waals surface area contributed by atoms with Gasteiger partial charge in [-0.15, -0.1) is 0 Å². The highest BCUT2D eigenvalue weighted by Gasteiger charge is 2.23. The molecule has 3 aromatic carbocycles. The molecule has 0 spiro atoms. The van der Waals surface area contributed by atoms with Gasteiger partial charge in [-0.25, -0.2) is 26.2 Å². The highest BCUT2D eigenvalue weighted by molar-refractivity contribution is 7.90. The molecule has 0 saturated carbocycles. The second-order valence-electron chi connectivity index (χ2n) is 11.3. The zero-order chi connectivity index (χ0) is 34.1. The molecule has 7 aromatic rings. The van der Waals surface area contributed by atoms with Gasteiger partial charge in [-0.1, -0.05) is 42.5 Å². The van der Waals surface area contributed by atoms with Crippen molar-refractivity contribution in [1.29, 1.82) is 0 Å². The van der Waals surface area contributed by atoms with Gasteiger partial charge in [0.05, 0.1) is 11.4 Å². The lowest BCUT2D eigenvalue weighted by Crippen LogP contribution is -2.32. The summed E-state index contributed by atoms with van der Waals surface area (Å²) in [6, 6.07) is 25.7. The van der Waals surface area contributed by atoms with Crippen LogP contribution >= 0.6 is 11.3 Å². The maximum Gasteiger partial charge on any atom is 0.269 e. The SMILES string of the molecule is O=C(NCc1cccc(-c2cn(S(=O)(=O)c3ccccc3)c3ncc(-c4ccsc4)cc23)c1)c1cccn(Cc2ccc(F)c(F)c2)c1=O. The Morgan fingerprint density at radius 2 is 1.67 bits per heavy atom. The van der Waals surface area contributed by atoms with Gasteiger partial charge >= 0.3 is 0 Å². The second kappa shape index (κ2) is 13.1. The van der Waals surface area contributed by atoms with Crippen molar-refractivity contribution >= 4 is 38.3 Å². The molecule has 0 radical (unpaired) electrons. The third kappa shape index (κ3) is 6.31. The summed E-state index contributed by atoms with van der Waals surface area (Å²) >= 11 is 1.55. The average Bonchev–Trinajstić information content (AvgIpc) is 3.79. The van der Waals surface area contributed by atoms with Crippen LogP contribution < -0.4 is 10.9 Å². The van der Waals surface area contributed by atoms with Crippen LogP contribution in [0.1, 0.15) is 21.5 Å². The van der Waals surface area contributed by atoms with Gasteiger partial charge in [0, 0.05) is 41.6 Å². The number of carbonyl (C=O) groups is 1. The maximum atomic E-state index is 13.8. The number of carbonyl (C=O) groups excluding carboxylic acids is 1. The van der Waals surface area contributed by atoms with Crippen molar-refractivity contribution < 1.29 is 22.0 Å². The molecule has 7 rings (SSSR count). The number of hydrogen-bond donors (Lipinski definition) is 1. The number of thiophene rings is 1. The normalized spacial score (nSPS) is 11.6. The molecule has 0 aliphatic heterocycles. The van der Waals surface area contributed by atoms with Crippen molar-refractivity contribution in [2.45, 2.75) is 18.0 Å². The molecule has 1 amide bonds. The Hall–Kier alpha value is -5.72. The van der Waals surface area contributed by atoms with Gasteiger partial charge in [0.25, 0.3) is 21.5 Å². The Morgan fingerprint density at radius 3 is 2.45 bits per heavy atom. The van der Waals surface area contributed by atoms with E-state index in [0.717, 1.165) is 23.3 Å². The molecule has 0 atom stereocenters. The summed E-state index contributed by atoms with van der Waals surface area (Å²) in [6.07, 6.45) is 4.69. The fourth-order valence-corrected chi connectivity index (χ4v) is 7.59. The molecule has 0 fully saturated rings. The first kappa shape index (κ1) is 31.9. The maximum absolute atomic E-state index is 13.8. The monoisotopic (exact) mass is 692 g/mol. The van der Waals surface area contributed by atoms with Gasteiger partial charge in [0.2, 0.25) is 0 Å². The summed E-state index contributed by atoms with van der Waals surface area (Å²) in [4.78, 5) is 31.0. The summed E-state index contributed by atoms with van der Waals surface area (Å²) in [5.74, 6) is -2.62. The lowest BCUT2D eigenvalue weighted by atomic mass is 10.0. The van der Waals surface area contributed by atoms with Crippen molar-refractivity contribution in [3.63, 3.8) is 0 Å². The van der Waals surface area contributed by atoms with Gasteiger partial charge in [0.15, 0.2) is 17.3 Å². The summed E-state index contributed by atoms with van der Waals surface area (Å²) in [5.41, 5.74) is 3.80. The van der Waals surface area contributed by atoms with E-state index in [0.29, 0.717) is 27.6 Å². The summed E-state index contributed by atoms with van der Waals surface area (Å²) in [6.45, 7) is 0.0271. The number of pyridine rings is 2. The highest BCUT2D eigenvalue weighted by atomic mass is 32.2. The van der Waals surface area contributed by atoms with Crippen LogP contribution in [-0.4, -0.2) is 27.8 Å². The van der Waals surface area contributed by atoms with Crippen molar-refractivity contribution in [3.05, 3.63) is 165 Å². The fourth-order valence-electron chi connectivity index (χ4n) is 5.58. The molecule has 49 heavy (non-hydrogen) atoms. The molecule has 244 valence electrons. The van der Waals surface area contributed by atoms with Crippen LogP contribution in [0.15, 0.2) is 136 Å². The molecule has 0 aliphatic rings. The van der Waals surface area contributed by atoms with Gasteiger partial charge < -0.3 is 9.88 Å². The van der Waals surface area contributed by atoms with Crippen molar-refractivity contribution in [1.82, 2.24) is 18.8 Å². The number of benzene rings is 3. The first-order valence-electron chi connectivity index (χ1n) is 15.0. The Balaban J connectivity index is 1.19. The summed E-state index contributed by atoms with van der Waals surface area (Å²) in [5, 5.41) is 7.37. The number of aromatic nitrogens is 3.